The molecule has 1 aromatic carbocycles. The molecule has 140 valence electrons. The highest BCUT2D eigenvalue weighted by Gasteiger charge is 2.54. The van der Waals surface area contributed by atoms with Gasteiger partial charge in [0.25, 0.3) is 0 Å². The van der Waals surface area contributed by atoms with E-state index in [0.717, 1.165) is 11.1 Å². The lowest BCUT2D eigenvalue weighted by Crippen LogP contribution is -2.34. The van der Waals surface area contributed by atoms with E-state index in [-0.39, 0.29) is 4.90 Å². The van der Waals surface area contributed by atoms with Gasteiger partial charge in [-0.05, 0) is 36.1 Å². The minimum atomic E-state index is -4.77. The Bertz CT molecular complexity index is 761. The summed E-state index contributed by atoms with van der Waals surface area (Å²) in [5.74, 6) is -5.65. The molecule has 1 aliphatic heterocycles. The molecular weight excluding hydrogens is 359 g/mol. The second-order valence-corrected chi connectivity index (χ2v) is 7.99. The van der Waals surface area contributed by atoms with E-state index in [1.165, 1.54) is 12.1 Å². The molecule has 1 aromatic rings. The van der Waals surface area contributed by atoms with Crippen molar-refractivity contribution < 1.29 is 31.5 Å². The number of rotatable bonds is 5. The van der Waals surface area contributed by atoms with Gasteiger partial charge in [0.05, 0.1) is 16.7 Å². The smallest absolute Gasteiger partial charge is 0.393 e. The Morgan fingerprint density at radius 2 is 1.80 bits per heavy atom. The first-order valence-corrected chi connectivity index (χ1v) is 9.37. The van der Waals surface area contributed by atoms with Gasteiger partial charge in [0, 0.05) is 13.1 Å². The van der Waals surface area contributed by atoms with Crippen molar-refractivity contribution in [3.05, 3.63) is 29.3 Å². The van der Waals surface area contributed by atoms with Gasteiger partial charge in [-0.2, -0.15) is 17.5 Å². The van der Waals surface area contributed by atoms with E-state index >= 15 is 0 Å². The molecule has 1 fully saturated rings. The minimum absolute atomic E-state index is 0.103. The van der Waals surface area contributed by atoms with E-state index in [2.05, 4.69) is 0 Å². The van der Waals surface area contributed by atoms with E-state index in [9.17, 15) is 26.4 Å². The lowest BCUT2D eigenvalue weighted by atomic mass is 9.96. The predicted molar refractivity (Wildman–Crippen MR) is 84.6 cm³/mol. The molecule has 0 aromatic heterocycles. The zero-order valence-electron chi connectivity index (χ0n) is 13.9. The van der Waals surface area contributed by atoms with Gasteiger partial charge >= 0.3 is 12.1 Å². The van der Waals surface area contributed by atoms with Crippen LogP contribution >= 0.6 is 0 Å². The molecule has 0 bridgehead atoms. The van der Waals surface area contributed by atoms with Gasteiger partial charge in [0.15, 0.2) is 0 Å². The first-order valence-electron chi connectivity index (χ1n) is 7.93. The molecule has 2 rings (SSSR count). The van der Waals surface area contributed by atoms with Crippen LogP contribution in [0, 0.1) is 11.8 Å². The summed E-state index contributed by atoms with van der Waals surface area (Å²) in [7, 11) is -4.19. The molecule has 1 N–H and O–H groups in total. The van der Waals surface area contributed by atoms with E-state index in [1.54, 1.807) is 6.07 Å². The number of carbonyl (C=O) groups is 1. The fourth-order valence-corrected chi connectivity index (χ4v) is 4.67. The number of aryl methyl sites for hydroxylation is 2. The normalized spacial score (nSPS) is 22.3. The molecule has 0 amide bonds. The van der Waals surface area contributed by atoms with Gasteiger partial charge in [-0.15, -0.1) is 0 Å². The summed E-state index contributed by atoms with van der Waals surface area (Å²) in [6, 6.07) is 4.48. The highest BCUT2D eigenvalue weighted by Crippen LogP contribution is 2.39. The van der Waals surface area contributed by atoms with Crippen molar-refractivity contribution >= 4 is 16.0 Å². The minimum Gasteiger partial charge on any atom is -0.481 e. The molecule has 2 atom stereocenters. The van der Waals surface area contributed by atoms with Crippen LogP contribution in [0.5, 0.6) is 0 Å². The molecule has 1 aliphatic rings. The highest BCUT2D eigenvalue weighted by molar-refractivity contribution is 7.89. The van der Waals surface area contributed by atoms with Crippen LogP contribution in [0.15, 0.2) is 23.1 Å². The SMILES string of the molecule is CCc1ccc(S(=O)(=O)N2C[C@@H](C(F)(F)F)[C@H](C(=O)O)C2)cc1CC. The molecular formula is C16H20F3NO4S. The van der Waals surface area contributed by atoms with Crippen molar-refractivity contribution in [2.75, 3.05) is 13.1 Å². The first kappa shape index (κ1) is 19.7. The zero-order valence-corrected chi connectivity index (χ0v) is 14.7. The Labute approximate surface area is 144 Å². The van der Waals surface area contributed by atoms with Crippen molar-refractivity contribution in [2.45, 2.75) is 37.8 Å². The topological polar surface area (TPSA) is 74.7 Å². The van der Waals surface area contributed by atoms with Gasteiger partial charge in [0.2, 0.25) is 10.0 Å². The summed E-state index contributed by atoms with van der Waals surface area (Å²) in [5.41, 5.74) is 1.78. The van der Waals surface area contributed by atoms with E-state index < -0.39 is 47.1 Å². The predicted octanol–water partition coefficient (Wildman–Crippen LogP) is 2.70. The summed E-state index contributed by atoms with van der Waals surface area (Å²) in [6.45, 7) is 2.23. The molecule has 1 saturated heterocycles. The lowest BCUT2D eigenvalue weighted by Gasteiger charge is -2.19. The summed E-state index contributed by atoms with van der Waals surface area (Å²) in [5, 5.41) is 9.03. The maximum atomic E-state index is 13.1. The molecule has 0 aliphatic carbocycles. The third-order valence-corrected chi connectivity index (χ3v) is 6.43. The fourth-order valence-electron chi connectivity index (χ4n) is 3.13. The number of carboxylic acid groups (broad SMARTS) is 1. The Hall–Kier alpha value is -1.61. The van der Waals surface area contributed by atoms with Gasteiger partial charge in [-0.3, -0.25) is 4.79 Å². The summed E-state index contributed by atoms with van der Waals surface area (Å²) >= 11 is 0. The third kappa shape index (κ3) is 3.82. The van der Waals surface area contributed by atoms with E-state index in [0.29, 0.717) is 17.1 Å². The van der Waals surface area contributed by atoms with Gasteiger partial charge in [0.1, 0.15) is 0 Å². The van der Waals surface area contributed by atoms with Crippen LogP contribution in [-0.2, 0) is 27.7 Å². The van der Waals surface area contributed by atoms with Crippen LogP contribution < -0.4 is 0 Å². The number of alkyl halides is 3. The monoisotopic (exact) mass is 379 g/mol. The third-order valence-electron chi connectivity index (χ3n) is 4.60. The molecule has 25 heavy (non-hydrogen) atoms. The summed E-state index contributed by atoms with van der Waals surface area (Å²) < 4.78 is 65.2. The van der Waals surface area contributed by atoms with Crippen LogP contribution in [-0.4, -0.2) is 43.1 Å². The summed E-state index contributed by atoms with van der Waals surface area (Å²) in [6.07, 6.45) is -3.46. The van der Waals surface area contributed by atoms with Crippen molar-refractivity contribution in [2.24, 2.45) is 11.8 Å². The maximum Gasteiger partial charge on any atom is 0.393 e. The van der Waals surface area contributed by atoms with Crippen LogP contribution in [0.25, 0.3) is 0 Å². The Balaban J connectivity index is 2.39. The standard InChI is InChI=1S/C16H20F3NO4S/c1-3-10-5-6-12(7-11(10)4-2)25(23,24)20-8-13(15(21)22)14(9-20)16(17,18)19/h5-7,13-14H,3-4,8-9H2,1-2H3,(H,21,22)/t13-,14-/m1/s1. The molecule has 1 heterocycles. The number of sulfonamides is 1. The number of benzene rings is 1. The van der Waals surface area contributed by atoms with Gasteiger partial charge in [-0.1, -0.05) is 19.9 Å². The average molecular weight is 379 g/mol. The molecule has 0 unspecified atom stereocenters. The van der Waals surface area contributed by atoms with Crippen molar-refractivity contribution in [1.82, 2.24) is 4.31 Å². The maximum absolute atomic E-state index is 13.1. The number of hydrogen-bond acceptors (Lipinski definition) is 3. The number of hydrogen-bond donors (Lipinski definition) is 1. The Morgan fingerprint density at radius 1 is 1.20 bits per heavy atom. The fraction of sp³-hybridized carbons (Fsp3) is 0.562. The summed E-state index contributed by atoms with van der Waals surface area (Å²) in [4.78, 5) is 11.0. The number of halogens is 3. The van der Waals surface area contributed by atoms with Crippen LogP contribution in [0.3, 0.4) is 0 Å². The average Bonchev–Trinajstić information content (AvgIpc) is 3.00. The second-order valence-electron chi connectivity index (χ2n) is 6.05. The lowest BCUT2D eigenvalue weighted by molar-refractivity contribution is -0.187. The van der Waals surface area contributed by atoms with Crippen molar-refractivity contribution in [3.8, 4) is 0 Å². The molecule has 0 radical (unpaired) electrons. The Kier molecular flexibility index (Phi) is 5.48. The number of nitrogens with zero attached hydrogens (tertiary/aromatic N) is 1. The van der Waals surface area contributed by atoms with Gasteiger partial charge in [-0.25, -0.2) is 8.42 Å². The number of aliphatic carboxylic acids is 1. The zero-order chi connectivity index (χ0) is 19.0. The second kappa shape index (κ2) is 6.95. The van der Waals surface area contributed by atoms with Crippen LogP contribution in [0.2, 0.25) is 0 Å². The first-order chi connectivity index (χ1) is 11.5. The number of carboxylic acids is 1. The largest absolute Gasteiger partial charge is 0.481 e. The van der Waals surface area contributed by atoms with Crippen molar-refractivity contribution in [1.29, 1.82) is 0 Å². The highest BCUT2D eigenvalue weighted by atomic mass is 32.2. The molecule has 9 heteroatoms. The molecule has 0 spiro atoms. The van der Waals surface area contributed by atoms with Crippen molar-refractivity contribution in [3.63, 3.8) is 0 Å². The Morgan fingerprint density at radius 3 is 2.24 bits per heavy atom. The van der Waals surface area contributed by atoms with Gasteiger partial charge < -0.3 is 5.11 Å². The van der Waals surface area contributed by atoms with E-state index in [1.807, 2.05) is 13.8 Å². The molecule has 5 nitrogen and oxygen atoms in total. The van der Waals surface area contributed by atoms with Crippen LogP contribution in [0.1, 0.15) is 25.0 Å². The van der Waals surface area contributed by atoms with Crippen LogP contribution in [0.4, 0.5) is 13.2 Å². The van der Waals surface area contributed by atoms with E-state index in [4.69, 9.17) is 5.11 Å². The quantitative estimate of drug-likeness (QED) is 0.854. The molecule has 0 saturated carbocycles.